The number of carbonyl (C=O) groups excluding carboxylic acids is 1. The zero-order chi connectivity index (χ0) is 14.4. The highest BCUT2D eigenvalue weighted by Crippen LogP contribution is 2.60. The van der Waals surface area contributed by atoms with Crippen molar-refractivity contribution in [3.8, 4) is 0 Å². The van der Waals surface area contributed by atoms with Gasteiger partial charge < -0.3 is 5.32 Å². The van der Waals surface area contributed by atoms with E-state index in [2.05, 4.69) is 15.5 Å². The van der Waals surface area contributed by atoms with E-state index in [1.807, 2.05) is 19.1 Å². The maximum Gasteiger partial charge on any atom is 0.226 e. The summed E-state index contributed by atoms with van der Waals surface area (Å²) >= 11 is 0. The molecule has 0 spiro atoms. The Labute approximate surface area is 125 Å². The number of rotatable bonds is 3. The van der Waals surface area contributed by atoms with Crippen LogP contribution < -0.4 is 5.32 Å². The van der Waals surface area contributed by atoms with Crippen LogP contribution in [0.4, 0.5) is 0 Å². The van der Waals surface area contributed by atoms with Gasteiger partial charge in [0.05, 0.1) is 17.9 Å². The lowest BCUT2D eigenvalue weighted by Crippen LogP contribution is -2.53. The molecule has 0 saturated heterocycles. The molecule has 0 aliphatic heterocycles. The summed E-state index contributed by atoms with van der Waals surface area (Å²) in [7, 11) is 0. The molecule has 1 aromatic rings. The van der Waals surface area contributed by atoms with Crippen LogP contribution in [0.3, 0.4) is 0 Å². The molecule has 0 atom stereocenters. The first-order valence-electron chi connectivity index (χ1n) is 8.20. The summed E-state index contributed by atoms with van der Waals surface area (Å²) in [4.78, 5) is 12.8. The van der Waals surface area contributed by atoms with Crippen LogP contribution in [0.1, 0.15) is 49.9 Å². The van der Waals surface area contributed by atoms with Gasteiger partial charge in [-0.15, -0.1) is 0 Å². The maximum atomic E-state index is 12.8. The highest BCUT2D eigenvalue weighted by atomic mass is 16.2. The van der Waals surface area contributed by atoms with Gasteiger partial charge in [-0.25, -0.2) is 0 Å². The lowest BCUT2D eigenvalue weighted by atomic mass is 9.49. The Morgan fingerprint density at radius 2 is 1.76 bits per heavy atom. The molecule has 21 heavy (non-hydrogen) atoms. The fourth-order valence-electron chi connectivity index (χ4n) is 5.27. The van der Waals surface area contributed by atoms with Crippen molar-refractivity contribution in [1.29, 1.82) is 0 Å². The number of nitrogens with zero attached hydrogens (tertiary/aromatic N) is 2. The minimum absolute atomic E-state index is 0.0626. The van der Waals surface area contributed by atoms with Gasteiger partial charge in [-0.3, -0.25) is 4.79 Å². The van der Waals surface area contributed by atoms with Crippen LogP contribution in [0.15, 0.2) is 12.1 Å². The monoisotopic (exact) mass is 285 g/mol. The molecule has 4 fully saturated rings. The molecule has 112 valence electrons. The van der Waals surface area contributed by atoms with E-state index >= 15 is 0 Å². The first-order chi connectivity index (χ1) is 10.1. The average Bonchev–Trinajstić information content (AvgIpc) is 2.45. The van der Waals surface area contributed by atoms with Crippen molar-refractivity contribution in [2.75, 3.05) is 0 Å². The maximum absolute atomic E-state index is 12.8. The second-order valence-corrected chi connectivity index (χ2v) is 7.55. The van der Waals surface area contributed by atoms with Crippen molar-refractivity contribution in [3.05, 3.63) is 23.5 Å². The van der Waals surface area contributed by atoms with Gasteiger partial charge >= 0.3 is 0 Å². The van der Waals surface area contributed by atoms with Crippen molar-refractivity contribution in [3.63, 3.8) is 0 Å². The summed E-state index contributed by atoms with van der Waals surface area (Å²) in [5.41, 5.74) is 1.69. The predicted molar refractivity (Wildman–Crippen MR) is 79.2 cm³/mol. The quantitative estimate of drug-likeness (QED) is 0.928. The molecule has 1 heterocycles. The van der Waals surface area contributed by atoms with E-state index in [1.165, 1.54) is 19.3 Å². The summed E-state index contributed by atoms with van der Waals surface area (Å²) in [6, 6.07) is 3.89. The molecule has 4 aliphatic rings. The van der Waals surface area contributed by atoms with E-state index in [4.69, 9.17) is 0 Å². The van der Waals surface area contributed by atoms with E-state index < -0.39 is 0 Å². The molecule has 4 heteroatoms. The zero-order valence-corrected chi connectivity index (χ0v) is 12.6. The summed E-state index contributed by atoms with van der Waals surface area (Å²) in [6.07, 6.45) is 7.46. The Morgan fingerprint density at radius 3 is 2.29 bits per heavy atom. The van der Waals surface area contributed by atoms with Gasteiger partial charge in [0.2, 0.25) is 5.91 Å². The Balaban J connectivity index is 1.44. The highest BCUT2D eigenvalue weighted by molar-refractivity contribution is 5.83. The number of hydrogen-bond acceptors (Lipinski definition) is 3. The molecule has 0 unspecified atom stereocenters. The lowest BCUT2D eigenvalue weighted by molar-refractivity contribution is -0.146. The summed E-state index contributed by atoms with van der Waals surface area (Å²) in [5, 5.41) is 11.3. The minimum Gasteiger partial charge on any atom is -0.350 e. The van der Waals surface area contributed by atoms with E-state index in [0.29, 0.717) is 6.54 Å². The molecule has 4 saturated carbocycles. The number of hydrogen-bond donors (Lipinski definition) is 1. The van der Waals surface area contributed by atoms with E-state index in [0.717, 1.165) is 48.4 Å². The van der Waals surface area contributed by atoms with E-state index in [1.54, 1.807) is 0 Å². The SMILES string of the molecule is Cc1ccc(CNC(=O)C23CC4CC(CC(C4)C2)C3)nn1. The van der Waals surface area contributed by atoms with Crippen molar-refractivity contribution in [1.82, 2.24) is 15.5 Å². The van der Waals surface area contributed by atoms with Crippen LogP contribution in [0.2, 0.25) is 0 Å². The van der Waals surface area contributed by atoms with Gasteiger partial charge in [-0.1, -0.05) is 0 Å². The molecular weight excluding hydrogens is 262 g/mol. The topological polar surface area (TPSA) is 54.9 Å². The summed E-state index contributed by atoms with van der Waals surface area (Å²) in [6.45, 7) is 2.43. The normalized spacial score (nSPS) is 36.7. The fourth-order valence-corrected chi connectivity index (χ4v) is 5.27. The number of aryl methyl sites for hydroxylation is 1. The zero-order valence-electron chi connectivity index (χ0n) is 12.6. The summed E-state index contributed by atoms with van der Waals surface area (Å²) < 4.78 is 0. The number of aromatic nitrogens is 2. The Bertz CT molecular complexity index is 516. The molecule has 1 N–H and O–H groups in total. The largest absolute Gasteiger partial charge is 0.350 e. The third-order valence-electron chi connectivity index (χ3n) is 5.80. The third-order valence-corrected chi connectivity index (χ3v) is 5.80. The van der Waals surface area contributed by atoms with Gasteiger partial charge in [0.25, 0.3) is 0 Å². The fraction of sp³-hybridized carbons (Fsp3) is 0.706. The van der Waals surface area contributed by atoms with Crippen molar-refractivity contribution < 1.29 is 4.79 Å². The van der Waals surface area contributed by atoms with Gasteiger partial charge in [0.1, 0.15) is 0 Å². The molecule has 4 aliphatic carbocycles. The molecule has 1 amide bonds. The first kappa shape index (κ1) is 13.2. The van der Waals surface area contributed by atoms with Crippen LogP contribution in [-0.2, 0) is 11.3 Å². The smallest absolute Gasteiger partial charge is 0.226 e. The van der Waals surface area contributed by atoms with Gasteiger partial charge in [-0.2, -0.15) is 10.2 Å². The van der Waals surface area contributed by atoms with Crippen LogP contribution in [-0.4, -0.2) is 16.1 Å². The van der Waals surface area contributed by atoms with Crippen LogP contribution in [0.5, 0.6) is 0 Å². The van der Waals surface area contributed by atoms with Crippen LogP contribution in [0.25, 0.3) is 0 Å². The van der Waals surface area contributed by atoms with Gasteiger partial charge in [0, 0.05) is 5.41 Å². The minimum atomic E-state index is -0.0626. The Hall–Kier alpha value is -1.45. The van der Waals surface area contributed by atoms with Crippen LogP contribution in [0, 0.1) is 30.1 Å². The second kappa shape index (κ2) is 4.79. The van der Waals surface area contributed by atoms with Crippen molar-refractivity contribution in [2.24, 2.45) is 23.2 Å². The molecule has 4 nitrogen and oxygen atoms in total. The van der Waals surface area contributed by atoms with E-state index in [-0.39, 0.29) is 11.3 Å². The molecule has 0 aromatic carbocycles. The summed E-state index contributed by atoms with van der Waals surface area (Å²) in [5.74, 6) is 2.69. The molecule has 4 bridgehead atoms. The lowest BCUT2D eigenvalue weighted by Gasteiger charge is -2.55. The highest BCUT2D eigenvalue weighted by Gasteiger charge is 2.54. The standard InChI is InChI=1S/C17H23N3O/c1-11-2-3-15(20-19-11)10-18-16(21)17-7-12-4-13(8-17)6-14(5-12)9-17/h2-3,12-14H,4-10H2,1H3,(H,18,21). The van der Waals surface area contributed by atoms with Gasteiger partial charge in [-0.05, 0) is 75.3 Å². The van der Waals surface area contributed by atoms with E-state index in [9.17, 15) is 4.79 Å². The molecular formula is C17H23N3O. The van der Waals surface area contributed by atoms with Crippen LogP contribution >= 0.6 is 0 Å². The molecule has 0 radical (unpaired) electrons. The van der Waals surface area contributed by atoms with Gasteiger partial charge in [0.15, 0.2) is 0 Å². The predicted octanol–water partition coefficient (Wildman–Crippen LogP) is 2.62. The van der Waals surface area contributed by atoms with Crippen molar-refractivity contribution >= 4 is 5.91 Å². The second-order valence-electron chi connectivity index (χ2n) is 7.55. The third kappa shape index (κ3) is 2.34. The Morgan fingerprint density at radius 1 is 1.14 bits per heavy atom. The number of carbonyl (C=O) groups is 1. The number of amides is 1. The molecule has 5 rings (SSSR count). The molecule has 1 aromatic heterocycles. The average molecular weight is 285 g/mol. The number of nitrogens with one attached hydrogen (secondary N) is 1. The van der Waals surface area contributed by atoms with Crippen molar-refractivity contribution in [2.45, 2.75) is 52.0 Å². The first-order valence-corrected chi connectivity index (χ1v) is 8.20. The Kier molecular flexibility index (Phi) is 3.02.